The second-order valence-electron chi connectivity index (χ2n) is 5.04. The molecule has 0 aromatic carbocycles. The Morgan fingerprint density at radius 2 is 1.79 bits per heavy atom. The van der Waals surface area contributed by atoms with Crippen LogP contribution in [0.25, 0.3) is 0 Å². The Labute approximate surface area is 88.3 Å². The van der Waals surface area contributed by atoms with Gasteiger partial charge >= 0.3 is 0 Å². The van der Waals surface area contributed by atoms with Crippen molar-refractivity contribution in [2.45, 2.75) is 59.3 Å². The van der Waals surface area contributed by atoms with Crippen LogP contribution in [0.1, 0.15) is 59.3 Å². The van der Waals surface area contributed by atoms with Crippen LogP contribution < -0.4 is 0 Å². The first-order valence-electron chi connectivity index (χ1n) is 6.17. The molecule has 0 aromatic rings. The predicted molar refractivity (Wildman–Crippen MR) is 60.2 cm³/mol. The van der Waals surface area contributed by atoms with E-state index in [2.05, 4.69) is 6.92 Å². The smallest absolute Gasteiger partial charge is 0.135 e. The van der Waals surface area contributed by atoms with Crippen molar-refractivity contribution in [3.63, 3.8) is 0 Å². The summed E-state index contributed by atoms with van der Waals surface area (Å²) in [5.74, 6) is 2.22. The number of rotatable bonds is 4. The van der Waals surface area contributed by atoms with Gasteiger partial charge in [-0.15, -0.1) is 0 Å². The van der Waals surface area contributed by atoms with Crippen LogP contribution in [0.15, 0.2) is 0 Å². The first-order valence-corrected chi connectivity index (χ1v) is 6.17. The Balaban J connectivity index is 2.44. The minimum absolute atomic E-state index is 0.231. The summed E-state index contributed by atoms with van der Waals surface area (Å²) >= 11 is 0. The van der Waals surface area contributed by atoms with E-state index in [1.54, 1.807) is 0 Å². The lowest BCUT2D eigenvalue weighted by atomic mass is 9.75. The first kappa shape index (κ1) is 11.7. The monoisotopic (exact) mass is 196 g/mol. The van der Waals surface area contributed by atoms with Crippen molar-refractivity contribution in [1.82, 2.24) is 0 Å². The zero-order chi connectivity index (χ0) is 10.6. The first-order chi connectivity index (χ1) is 6.65. The van der Waals surface area contributed by atoms with Crippen LogP contribution in [0, 0.1) is 17.8 Å². The normalized spacial score (nSPS) is 28.0. The van der Waals surface area contributed by atoms with Crippen LogP contribution in [0.4, 0.5) is 0 Å². The highest BCUT2D eigenvalue weighted by Gasteiger charge is 2.26. The summed E-state index contributed by atoms with van der Waals surface area (Å²) in [5, 5.41) is 0. The third-order valence-corrected chi connectivity index (χ3v) is 3.70. The Bertz CT molecular complexity index is 184. The van der Waals surface area contributed by atoms with Crippen LogP contribution in [-0.2, 0) is 4.79 Å². The highest BCUT2D eigenvalue weighted by Crippen LogP contribution is 2.34. The lowest BCUT2D eigenvalue weighted by Crippen LogP contribution is -2.23. The molecule has 1 nitrogen and oxygen atoms in total. The fraction of sp³-hybridized carbons (Fsp3) is 0.923. The van der Waals surface area contributed by atoms with Gasteiger partial charge in [-0.2, -0.15) is 0 Å². The maximum atomic E-state index is 11.7. The van der Waals surface area contributed by atoms with E-state index < -0.39 is 0 Å². The second-order valence-corrected chi connectivity index (χ2v) is 5.04. The fourth-order valence-corrected chi connectivity index (χ4v) is 2.58. The number of ketones is 1. The minimum atomic E-state index is 0.231. The van der Waals surface area contributed by atoms with Crippen molar-refractivity contribution in [3.8, 4) is 0 Å². The third kappa shape index (κ3) is 3.11. The van der Waals surface area contributed by atoms with E-state index in [0.29, 0.717) is 11.7 Å². The number of carbonyl (C=O) groups is 1. The SMILES string of the molecule is CCC1CCCCC1CC(=O)C(C)C. The standard InChI is InChI=1S/C13H24O/c1-4-11-7-5-6-8-12(11)9-13(14)10(2)3/h10-12H,4-9H2,1-3H3. The summed E-state index contributed by atoms with van der Waals surface area (Å²) in [6, 6.07) is 0. The lowest BCUT2D eigenvalue weighted by molar-refractivity contribution is -0.123. The van der Waals surface area contributed by atoms with E-state index >= 15 is 0 Å². The van der Waals surface area contributed by atoms with E-state index in [4.69, 9.17) is 0 Å². The average Bonchev–Trinajstić information content (AvgIpc) is 2.18. The van der Waals surface area contributed by atoms with Gasteiger partial charge in [0.1, 0.15) is 5.78 Å². The largest absolute Gasteiger partial charge is 0.299 e. The number of hydrogen-bond donors (Lipinski definition) is 0. The molecular formula is C13H24O. The molecule has 14 heavy (non-hydrogen) atoms. The zero-order valence-electron chi connectivity index (χ0n) is 9.88. The molecule has 1 fully saturated rings. The summed E-state index contributed by atoms with van der Waals surface area (Å²) in [5.41, 5.74) is 0. The molecule has 0 heterocycles. The van der Waals surface area contributed by atoms with Gasteiger partial charge in [-0.05, 0) is 18.3 Å². The minimum Gasteiger partial charge on any atom is -0.299 e. The van der Waals surface area contributed by atoms with Gasteiger partial charge < -0.3 is 0 Å². The molecule has 0 radical (unpaired) electrons. The Kier molecular flexibility index (Phi) is 4.64. The van der Waals surface area contributed by atoms with Crippen molar-refractivity contribution in [2.24, 2.45) is 17.8 Å². The topological polar surface area (TPSA) is 17.1 Å². The number of hydrogen-bond acceptors (Lipinski definition) is 1. The van der Waals surface area contributed by atoms with E-state index in [1.807, 2.05) is 13.8 Å². The van der Waals surface area contributed by atoms with Crippen LogP contribution >= 0.6 is 0 Å². The quantitative estimate of drug-likeness (QED) is 0.668. The molecule has 1 aliphatic carbocycles. The zero-order valence-corrected chi connectivity index (χ0v) is 9.88. The summed E-state index contributed by atoms with van der Waals surface area (Å²) in [6.07, 6.45) is 7.47. The van der Waals surface area contributed by atoms with E-state index in [0.717, 1.165) is 12.3 Å². The summed E-state index contributed by atoms with van der Waals surface area (Å²) in [4.78, 5) is 11.7. The van der Waals surface area contributed by atoms with Crippen LogP contribution in [0.3, 0.4) is 0 Å². The van der Waals surface area contributed by atoms with E-state index in [-0.39, 0.29) is 5.92 Å². The Hall–Kier alpha value is -0.330. The summed E-state index contributed by atoms with van der Waals surface area (Å²) < 4.78 is 0. The van der Waals surface area contributed by atoms with Gasteiger partial charge in [0.2, 0.25) is 0 Å². The van der Waals surface area contributed by atoms with Crippen molar-refractivity contribution in [1.29, 1.82) is 0 Å². The Morgan fingerprint density at radius 1 is 1.21 bits per heavy atom. The van der Waals surface area contributed by atoms with Crippen molar-refractivity contribution < 1.29 is 4.79 Å². The van der Waals surface area contributed by atoms with Crippen molar-refractivity contribution in [3.05, 3.63) is 0 Å². The third-order valence-electron chi connectivity index (χ3n) is 3.70. The Morgan fingerprint density at radius 3 is 2.29 bits per heavy atom. The maximum absolute atomic E-state index is 11.7. The van der Waals surface area contributed by atoms with Gasteiger partial charge in [0.25, 0.3) is 0 Å². The number of carbonyl (C=O) groups excluding carboxylic acids is 1. The molecule has 2 unspecified atom stereocenters. The van der Waals surface area contributed by atoms with Gasteiger partial charge in [0.15, 0.2) is 0 Å². The van der Waals surface area contributed by atoms with E-state index in [1.165, 1.54) is 32.1 Å². The molecule has 2 atom stereocenters. The molecule has 0 spiro atoms. The highest BCUT2D eigenvalue weighted by molar-refractivity contribution is 5.80. The fourth-order valence-electron chi connectivity index (χ4n) is 2.58. The molecule has 82 valence electrons. The molecule has 1 saturated carbocycles. The summed E-state index contributed by atoms with van der Waals surface area (Å²) in [6.45, 7) is 6.31. The van der Waals surface area contributed by atoms with Gasteiger partial charge in [-0.1, -0.05) is 46.5 Å². The summed E-state index contributed by atoms with van der Waals surface area (Å²) in [7, 11) is 0. The predicted octanol–water partition coefficient (Wildman–Crippen LogP) is 3.82. The van der Waals surface area contributed by atoms with Gasteiger partial charge in [-0.3, -0.25) is 4.79 Å². The molecule has 0 amide bonds. The second kappa shape index (κ2) is 5.53. The van der Waals surface area contributed by atoms with Gasteiger partial charge in [-0.25, -0.2) is 0 Å². The molecule has 1 rings (SSSR count). The molecular weight excluding hydrogens is 172 g/mol. The van der Waals surface area contributed by atoms with Crippen LogP contribution in [0.2, 0.25) is 0 Å². The molecule has 0 aromatic heterocycles. The highest BCUT2D eigenvalue weighted by atomic mass is 16.1. The van der Waals surface area contributed by atoms with E-state index in [9.17, 15) is 4.79 Å². The van der Waals surface area contributed by atoms with Gasteiger partial charge in [0.05, 0.1) is 0 Å². The van der Waals surface area contributed by atoms with Crippen LogP contribution in [0.5, 0.6) is 0 Å². The molecule has 0 aliphatic heterocycles. The van der Waals surface area contributed by atoms with Crippen molar-refractivity contribution in [2.75, 3.05) is 0 Å². The average molecular weight is 196 g/mol. The molecule has 1 heteroatoms. The van der Waals surface area contributed by atoms with Crippen LogP contribution in [-0.4, -0.2) is 5.78 Å². The number of Topliss-reactive ketones (excluding diaryl/α,β-unsaturated/α-hetero) is 1. The van der Waals surface area contributed by atoms with Crippen molar-refractivity contribution >= 4 is 5.78 Å². The maximum Gasteiger partial charge on any atom is 0.135 e. The molecule has 1 aliphatic rings. The molecule has 0 bridgehead atoms. The van der Waals surface area contributed by atoms with Gasteiger partial charge in [0, 0.05) is 12.3 Å². The lowest BCUT2D eigenvalue weighted by Gasteiger charge is -2.30. The molecule has 0 saturated heterocycles. The molecule has 0 N–H and O–H groups in total.